The minimum absolute atomic E-state index is 0.0202. The molecule has 0 fully saturated rings. The van der Waals surface area contributed by atoms with Crippen LogP contribution in [-0.2, 0) is 74.8 Å². The molecule has 330 valence electrons. The fourth-order valence-electron chi connectivity index (χ4n) is 6.47. The first-order chi connectivity index (χ1) is 30.2. The van der Waals surface area contributed by atoms with Crippen molar-refractivity contribution >= 4 is 0 Å². The Morgan fingerprint density at radius 3 is 1.45 bits per heavy atom. The maximum absolute atomic E-state index is 13.4. The second-order valence-electron chi connectivity index (χ2n) is 14.6. The highest BCUT2D eigenvalue weighted by molar-refractivity contribution is 5.15. The van der Waals surface area contributed by atoms with Crippen molar-refractivity contribution in [2.75, 3.05) is 39.6 Å². The van der Waals surface area contributed by atoms with Gasteiger partial charge in [-0.1, -0.05) is 96.1 Å². The highest BCUT2D eigenvalue weighted by atomic mass is 16.6. The molecule has 0 amide bonds. The maximum atomic E-state index is 13.4. The number of hydrogen-bond acceptors (Lipinski definition) is 11. The predicted octanol–water partition coefficient (Wildman–Crippen LogP) is 5.09. The van der Waals surface area contributed by atoms with Crippen LogP contribution < -0.4 is 22.5 Å². The molecule has 0 saturated carbocycles. The van der Waals surface area contributed by atoms with E-state index in [1.54, 1.807) is 20.0 Å². The molecule has 0 aliphatic carbocycles. The number of aryl methyl sites for hydroxylation is 4. The topological polar surface area (TPSA) is 192 Å². The Morgan fingerprint density at radius 2 is 0.984 bits per heavy atom. The molecule has 0 N–H and O–H groups in total. The van der Waals surface area contributed by atoms with Gasteiger partial charge in [-0.25, -0.2) is 18.7 Å². The highest BCUT2D eigenvalue weighted by Crippen LogP contribution is 2.08. The molecule has 2 atom stereocenters. The van der Waals surface area contributed by atoms with Crippen LogP contribution in [0.5, 0.6) is 0 Å². The van der Waals surface area contributed by atoms with Crippen LogP contribution in [0.3, 0.4) is 0 Å². The summed E-state index contributed by atoms with van der Waals surface area (Å²) in [6, 6.07) is 28.7. The first kappa shape index (κ1) is 47.1. The fraction of sp³-hybridized carbons (Fsp3) is 0.422. The summed E-state index contributed by atoms with van der Waals surface area (Å²) in [5.41, 5.74) is 10.8. The van der Waals surface area contributed by atoms with Crippen LogP contribution in [0.25, 0.3) is 10.4 Å². The maximum Gasteiger partial charge on any atom is 0.332 e. The zero-order valence-corrected chi connectivity index (χ0v) is 35.3. The smallest absolute Gasteiger partial charge is 0.332 e. The molecule has 17 nitrogen and oxygen atoms in total. The Hall–Kier alpha value is -5.91. The third kappa shape index (κ3) is 15.2. The number of ether oxygens (including phenoxy) is 6. The zero-order chi connectivity index (χ0) is 43.9. The molecule has 0 aliphatic heterocycles. The summed E-state index contributed by atoms with van der Waals surface area (Å²) >= 11 is 0. The van der Waals surface area contributed by atoms with Gasteiger partial charge in [0.15, 0.2) is 0 Å². The number of hydrogen-bond donors (Lipinski definition) is 0. The Balaban J connectivity index is 1.15. The van der Waals surface area contributed by atoms with E-state index >= 15 is 0 Å². The van der Waals surface area contributed by atoms with Crippen molar-refractivity contribution in [1.82, 2.24) is 18.3 Å². The van der Waals surface area contributed by atoms with Crippen LogP contribution in [0.2, 0.25) is 0 Å². The van der Waals surface area contributed by atoms with Crippen molar-refractivity contribution < 1.29 is 28.4 Å². The SMILES string of the molecule is Cc1cn(CC[C@@H](CN=[N+]=[N-])OCCOC[C@H](CCn2cc(C)c(=O)n(COCc3ccccc3)c2=O)OCCOCc2ccccc2)c(=O)n(COCc2ccccc2)c1=O. The Kier molecular flexibility index (Phi) is 19.6. The van der Waals surface area contributed by atoms with E-state index in [4.69, 9.17) is 34.0 Å². The van der Waals surface area contributed by atoms with Crippen molar-refractivity contribution in [2.45, 2.75) is 85.3 Å². The lowest BCUT2D eigenvalue weighted by molar-refractivity contribution is -0.0592. The minimum atomic E-state index is -0.548. The lowest BCUT2D eigenvalue weighted by Crippen LogP contribution is -2.41. The number of rotatable bonds is 28. The molecule has 5 rings (SSSR count). The standard InChI is InChI=1S/C45H55N7O10/c1-35-27-49(44(55)51(42(35)53)33-59-30-38-14-8-4-9-15-38)20-18-40(26-47-48-46)61-24-23-58-32-41(62-25-22-57-29-37-12-6-3-7-13-37)19-21-50-28-36(2)43(54)52(45(50)56)34-60-31-39-16-10-5-11-17-39/h3-17,27-28,40-41H,18-26,29-34H2,1-2H3/t40-,41-/m0/s1. The van der Waals surface area contributed by atoms with E-state index in [9.17, 15) is 19.2 Å². The molecule has 2 aromatic heterocycles. The van der Waals surface area contributed by atoms with Crippen molar-refractivity contribution in [2.24, 2.45) is 5.11 Å². The summed E-state index contributed by atoms with van der Waals surface area (Å²) in [6.07, 6.45) is 2.74. The first-order valence-corrected chi connectivity index (χ1v) is 20.5. The molecule has 0 spiro atoms. The summed E-state index contributed by atoms with van der Waals surface area (Å²) < 4.78 is 40.5. The molecule has 0 bridgehead atoms. The largest absolute Gasteiger partial charge is 0.376 e. The summed E-state index contributed by atoms with van der Waals surface area (Å²) in [5, 5.41) is 3.69. The van der Waals surface area contributed by atoms with E-state index in [0.717, 1.165) is 25.8 Å². The lowest BCUT2D eigenvalue weighted by atomic mass is 10.2. The van der Waals surface area contributed by atoms with E-state index in [1.165, 1.54) is 15.3 Å². The summed E-state index contributed by atoms with van der Waals surface area (Å²) in [5.74, 6) is 0. The molecular formula is C45H55N7O10. The molecule has 3 aromatic carbocycles. The van der Waals surface area contributed by atoms with E-state index in [2.05, 4.69) is 10.0 Å². The average molecular weight is 854 g/mol. The fourth-order valence-corrected chi connectivity index (χ4v) is 6.47. The predicted molar refractivity (Wildman–Crippen MR) is 232 cm³/mol. The quantitative estimate of drug-likeness (QED) is 0.0283. The lowest BCUT2D eigenvalue weighted by Gasteiger charge is -2.20. The Morgan fingerprint density at radius 1 is 0.565 bits per heavy atom. The van der Waals surface area contributed by atoms with E-state index < -0.39 is 34.7 Å². The monoisotopic (exact) mass is 853 g/mol. The molecule has 2 heterocycles. The van der Waals surface area contributed by atoms with Gasteiger partial charge in [0.05, 0.1) is 71.6 Å². The van der Waals surface area contributed by atoms with E-state index in [0.29, 0.717) is 37.2 Å². The molecule has 0 radical (unpaired) electrons. The third-order valence-corrected chi connectivity index (χ3v) is 9.79. The van der Waals surface area contributed by atoms with Gasteiger partial charge in [-0.2, -0.15) is 0 Å². The average Bonchev–Trinajstić information content (AvgIpc) is 3.29. The van der Waals surface area contributed by atoms with Crippen LogP contribution in [0, 0.1) is 13.8 Å². The molecule has 5 aromatic rings. The van der Waals surface area contributed by atoms with Gasteiger partial charge in [0.25, 0.3) is 11.1 Å². The van der Waals surface area contributed by atoms with Gasteiger partial charge in [-0.15, -0.1) is 0 Å². The van der Waals surface area contributed by atoms with Gasteiger partial charge in [-0.3, -0.25) is 18.7 Å². The van der Waals surface area contributed by atoms with E-state index in [1.807, 2.05) is 91.0 Å². The summed E-state index contributed by atoms with van der Waals surface area (Å²) in [6.45, 7) is 5.36. The summed E-state index contributed by atoms with van der Waals surface area (Å²) in [7, 11) is 0. The second kappa shape index (κ2) is 25.8. The van der Waals surface area contributed by atoms with Gasteiger partial charge in [-0.05, 0) is 48.9 Å². The molecule has 0 unspecified atom stereocenters. The van der Waals surface area contributed by atoms with Gasteiger partial charge in [0.1, 0.15) is 13.5 Å². The van der Waals surface area contributed by atoms with Crippen LogP contribution in [-0.4, -0.2) is 70.1 Å². The van der Waals surface area contributed by atoms with E-state index in [-0.39, 0.29) is 72.7 Å². The van der Waals surface area contributed by atoms with Crippen molar-refractivity contribution in [3.05, 3.63) is 183 Å². The Bertz CT molecular complexity index is 2400. The first-order valence-electron chi connectivity index (χ1n) is 20.5. The van der Waals surface area contributed by atoms with Crippen molar-refractivity contribution in [3.8, 4) is 0 Å². The highest BCUT2D eigenvalue weighted by Gasteiger charge is 2.16. The van der Waals surface area contributed by atoms with Crippen molar-refractivity contribution in [1.29, 1.82) is 0 Å². The van der Waals surface area contributed by atoms with Gasteiger partial charge in [0, 0.05) is 41.5 Å². The number of nitrogens with zero attached hydrogens (tertiary/aromatic N) is 7. The van der Waals surface area contributed by atoms with Gasteiger partial charge >= 0.3 is 11.4 Å². The number of azide groups is 1. The Labute approximate surface area is 359 Å². The number of aromatic nitrogens is 4. The van der Waals surface area contributed by atoms with Crippen LogP contribution in [0.1, 0.15) is 40.7 Å². The van der Waals surface area contributed by atoms with Gasteiger partial charge < -0.3 is 28.4 Å². The second-order valence-corrected chi connectivity index (χ2v) is 14.6. The van der Waals surface area contributed by atoms with Crippen LogP contribution in [0.4, 0.5) is 0 Å². The molecule has 62 heavy (non-hydrogen) atoms. The van der Waals surface area contributed by atoms with Crippen LogP contribution >= 0.6 is 0 Å². The minimum Gasteiger partial charge on any atom is -0.376 e. The molecule has 17 heteroatoms. The third-order valence-electron chi connectivity index (χ3n) is 9.79. The number of benzene rings is 3. The zero-order valence-electron chi connectivity index (χ0n) is 35.3. The van der Waals surface area contributed by atoms with Crippen molar-refractivity contribution in [3.63, 3.8) is 0 Å². The van der Waals surface area contributed by atoms with Gasteiger partial charge in [0.2, 0.25) is 0 Å². The van der Waals surface area contributed by atoms with Crippen LogP contribution in [0.15, 0.2) is 128 Å². The molecule has 0 aliphatic rings. The molecular weight excluding hydrogens is 799 g/mol. The summed E-state index contributed by atoms with van der Waals surface area (Å²) in [4.78, 5) is 55.4. The molecule has 0 saturated heterocycles. The normalized spacial score (nSPS) is 12.2.